The van der Waals surface area contributed by atoms with E-state index in [1.165, 1.54) is 6.42 Å². The summed E-state index contributed by atoms with van der Waals surface area (Å²) in [6.45, 7) is 3.61. The Hall–Kier alpha value is -1.40. The number of benzene rings is 1. The summed E-state index contributed by atoms with van der Waals surface area (Å²) in [7, 11) is 0. The van der Waals surface area contributed by atoms with Crippen molar-refractivity contribution in [1.29, 1.82) is 0 Å². The first-order valence-corrected chi connectivity index (χ1v) is 9.09. The van der Waals surface area contributed by atoms with Gasteiger partial charge in [-0.2, -0.15) is 0 Å². The van der Waals surface area contributed by atoms with Gasteiger partial charge in [0.2, 0.25) is 0 Å². The largest absolute Gasteiger partial charge is 0.351 e. The van der Waals surface area contributed by atoms with Crippen molar-refractivity contribution >= 4 is 39.2 Å². The molecule has 122 valence electrons. The van der Waals surface area contributed by atoms with Crippen molar-refractivity contribution in [2.75, 3.05) is 13.1 Å². The summed E-state index contributed by atoms with van der Waals surface area (Å²) in [5.74, 6) is 0.109. The van der Waals surface area contributed by atoms with Crippen LogP contribution in [0, 0.1) is 0 Å². The normalized spacial score (nSPS) is 21.7. The molecule has 2 N–H and O–H groups in total. The molecular formula is C17H20BrN3OS. The van der Waals surface area contributed by atoms with Crippen molar-refractivity contribution in [1.82, 2.24) is 15.5 Å². The first-order chi connectivity index (χ1) is 11.1. The molecule has 1 amide bonds. The van der Waals surface area contributed by atoms with Gasteiger partial charge in [-0.25, -0.2) is 0 Å². The quantitative estimate of drug-likeness (QED) is 0.756. The fourth-order valence-corrected chi connectivity index (χ4v) is 3.69. The highest BCUT2D eigenvalue weighted by molar-refractivity contribution is 9.10. The van der Waals surface area contributed by atoms with Crippen LogP contribution in [-0.4, -0.2) is 29.0 Å². The van der Waals surface area contributed by atoms with Gasteiger partial charge in [0.15, 0.2) is 5.11 Å². The predicted octanol–water partition coefficient (Wildman–Crippen LogP) is 3.25. The van der Waals surface area contributed by atoms with Gasteiger partial charge in [-0.05, 0) is 56.1 Å². The number of piperidine rings is 1. The maximum atomic E-state index is 13.1. The molecule has 1 atom stereocenters. The van der Waals surface area contributed by atoms with Crippen LogP contribution in [0.15, 0.2) is 40.0 Å². The zero-order chi connectivity index (χ0) is 16.4. The molecule has 4 nitrogen and oxygen atoms in total. The highest BCUT2D eigenvalue weighted by atomic mass is 79.9. The fourth-order valence-electron chi connectivity index (χ4n) is 3.15. The molecule has 6 heteroatoms. The summed E-state index contributed by atoms with van der Waals surface area (Å²) in [4.78, 5) is 15.0. The van der Waals surface area contributed by atoms with Gasteiger partial charge in [0.05, 0.1) is 11.6 Å². The Morgan fingerprint density at radius 1 is 1.22 bits per heavy atom. The lowest BCUT2D eigenvalue weighted by Crippen LogP contribution is -2.48. The van der Waals surface area contributed by atoms with Gasteiger partial charge in [0, 0.05) is 23.3 Å². The van der Waals surface area contributed by atoms with Gasteiger partial charge in [-0.1, -0.05) is 28.1 Å². The predicted molar refractivity (Wildman–Crippen MR) is 98.9 cm³/mol. The number of nitrogens with zero attached hydrogens (tertiary/aromatic N) is 1. The summed E-state index contributed by atoms with van der Waals surface area (Å²) in [6.07, 6.45) is 3.37. The molecule has 1 aromatic rings. The van der Waals surface area contributed by atoms with Gasteiger partial charge in [0.25, 0.3) is 5.91 Å². The van der Waals surface area contributed by atoms with E-state index in [0.717, 1.165) is 47.2 Å². The number of amides is 1. The number of hydrogen-bond donors (Lipinski definition) is 2. The Morgan fingerprint density at radius 2 is 1.87 bits per heavy atom. The molecule has 0 bridgehead atoms. The molecule has 0 aromatic heterocycles. The van der Waals surface area contributed by atoms with E-state index in [0.29, 0.717) is 5.11 Å². The minimum atomic E-state index is -0.203. The molecule has 1 fully saturated rings. The van der Waals surface area contributed by atoms with E-state index in [2.05, 4.69) is 26.6 Å². The molecule has 2 aliphatic heterocycles. The minimum absolute atomic E-state index is 0.109. The minimum Gasteiger partial charge on any atom is -0.351 e. The summed E-state index contributed by atoms with van der Waals surface area (Å²) in [5.41, 5.74) is 2.65. The summed E-state index contributed by atoms with van der Waals surface area (Å²) in [5, 5.41) is 6.92. The number of likely N-dealkylation sites (tertiary alicyclic amines) is 1. The Morgan fingerprint density at radius 3 is 2.52 bits per heavy atom. The number of carbonyl (C=O) groups is 1. The van der Waals surface area contributed by atoms with E-state index in [1.807, 2.05) is 36.1 Å². The van der Waals surface area contributed by atoms with Crippen molar-refractivity contribution in [3.63, 3.8) is 0 Å². The SMILES string of the molecule is CC1=C(C(=O)N2CCCCC2)C(c2ccc(Br)cc2)NC(=S)N1. The molecule has 1 saturated heterocycles. The fraction of sp³-hybridized carbons (Fsp3) is 0.412. The van der Waals surface area contributed by atoms with Crippen LogP contribution in [0.4, 0.5) is 0 Å². The molecule has 1 aromatic carbocycles. The summed E-state index contributed by atoms with van der Waals surface area (Å²) < 4.78 is 1.02. The maximum Gasteiger partial charge on any atom is 0.253 e. The van der Waals surface area contributed by atoms with E-state index in [4.69, 9.17) is 12.2 Å². The Balaban J connectivity index is 1.95. The third-order valence-corrected chi connectivity index (χ3v) is 5.09. The topological polar surface area (TPSA) is 44.4 Å². The van der Waals surface area contributed by atoms with Gasteiger partial charge in [0.1, 0.15) is 0 Å². The first kappa shape index (κ1) is 16.5. The Kier molecular flexibility index (Phi) is 5.02. The molecule has 0 radical (unpaired) electrons. The molecule has 0 spiro atoms. The standard InChI is InChI=1S/C17H20BrN3OS/c1-11-14(16(22)21-9-3-2-4-10-21)15(20-17(23)19-11)12-5-7-13(18)8-6-12/h5-8,15H,2-4,9-10H2,1H3,(H2,19,20,23). The molecule has 23 heavy (non-hydrogen) atoms. The maximum absolute atomic E-state index is 13.1. The lowest BCUT2D eigenvalue weighted by Gasteiger charge is -2.35. The van der Waals surface area contributed by atoms with E-state index < -0.39 is 0 Å². The van der Waals surface area contributed by atoms with Crippen molar-refractivity contribution in [2.24, 2.45) is 0 Å². The lowest BCUT2D eigenvalue weighted by atomic mass is 9.94. The van der Waals surface area contributed by atoms with Crippen LogP contribution < -0.4 is 10.6 Å². The van der Waals surface area contributed by atoms with E-state index in [1.54, 1.807) is 0 Å². The zero-order valence-electron chi connectivity index (χ0n) is 13.1. The molecule has 3 rings (SSSR count). The van der Waals surface area contributed by atoms with Crippen molar-refractivity contribution in [2.45, 2.75) is 32.2 Å². The average Bonchev–Trinajstić information content (AvgIpc) is 2.55. The van der Waals surface area contributed by atoms with Gasteiger partial charge < -0.3 is 15.5 Å². The number of rotatable bonds is 2. The number of halogens is 1. The molecule has 2 heterocycles. The average molecular weight is 394 g/mol. The van der Waals surface area contributed by atoms with Crippen molar-refractivity contribution < 1.29 is 4.79 Å². The number of allylic oxidation sites excluding steroid dienone is 1. The van der Waals surface area contributed by atoms with Crippen LogP contribution in [0.1, 0.15) is 37.8 Å². The second kappa shape index (κ2) is 7.01. The highest BCUT2D eigenvalue weighted by Gasteiger charge is 2.32. The summed E-state index contributed by atoms with van der Waals surface area (Å²) in [6, 6.07) is 7.81. The van der Waals surface area contributed by atoms with E-state index >= 15 is 0 Å². The van der Waals surface area contributed by atoms with Crippen LogP contribution >= 0.6 is 28.1 Å². The number of carbonyl (C=O) groups excluding carboxylic acids is 1. The zero-order valence-corrected chi connectivity index (χ0v) is 15.5. The molecular weight excluding hydrogens is 374 g/mol. The van der Waals surface area contributed by atoms with Crippen molar-refractivity contribution in [3.05, 3.63) is 45.6 Å². The first-order valence-electron chi connectivity index (χ1n) is 7.89. The van der Waals surface area contributed by atoms with Gasteiger partial charge in [-0.3, -0.25) is 4.79 Å². The second-order valence-electron chi connectivity index (χ2n) is 5.97. The van der Waals surface area contributed by atoms with Crippen LogP contribution in [-0.2, 0) is 4.79 Å². The van der Waals surface area contributed by atoms with Crippen LogP contribution in [0.3, 0.4) is 0 Å². The summed E-state index contributed by atoms with van der Waals surface area (Å²) >= 11 is 8.75. The number of thiocarbonyl (C=S) groups is 1. The van der Waals surface area contributed by atoms with Crippen LogP contribution in [0.5, 0.6) is 0 Å². The molecule has 0 saturated carbocycles. The van der Waals surface area contributed by atoms with Gasteiger partial charge in [-0.15, -0.1) is 0 Å². The number of nitrogens with one attached hydrogen (secondary N) is 2. The Bertz CT molecular complexity index is 650. The highest BCUT2D eigenvalue weighted by Crippen LogP contribution is 2.29. The molecule has 1 unspecified atom stereocenters. The molecule has 2 aliphatic rings. The van der Waals surface area contributed by atoms with Crippen LogP contribution in [0.25, 0.3) is 0 Å². The van der Waals surface area contributed by atoms with Crippen LogP contribution in [0.2, 0.25) is 0 Å². The monoisotopic (exact) mass is 393 g/mol. The Labute approximate surface area is 150 Å². The second-order valence-corrected chi connectivity index (χ2v) is 7.30. The third-order valence-electron chi connectivity index (χ3n) is 4.35. The molecule has 0 aliphatic carbocycles. The van der Waals surface area contributed by atoms with E-state index in [9.17, 15) is 4.79 Å². The third kappa shape index (κ3) is 3.58. The van der Waals surface area contributed by atoms with Gasteiger partial charge >= 0.3 is 0 Å². The lowest BCUT2D eigenvalue weighted by molar-refractivity contribution is -0.128. The smallest absolute Gasteiger partial charge is 0.253 e. The number of hydrogen-bond acceptors (Lipinski definition) is 2. The van der Waals surface area contributed by atoms with Crippen molar-refractivity contribution in [3.8, 4) is 0 Å². The van der Waals surface area contributed by atoms with E-state index in [-0.39, 0.29) is 11.9 Å².